The number of aryl methyl sites for hydroxylation is 2. The number of hydrogen-bond donors (Lipinski definition) is 1. The fourth-order valence-corrected chi connectivity index (χ4v) is 2.94. The van der Waals surface area contributed by atoms with Crippen LogP contribution in [0.1, 0.15) is 31.2 Å². The van der Waals surface area contributed by atoms with E-state index in [2.05, 4.69) is 10.00 Å². The summed E-state index contributed by atoms with van der Waals surface area (Å²) in [5, 5.41) is 14.3. The normalized spacial score (nSPS) is 24.6. The number of likely N-dealkylation sites (tertiary alicyclic amines) is 1. The van der Waals surface area contributed by atoms with E-state index in [-0.39, 0.29) is 0 Å². The van der Waals surface area contributed by atoms with Gasteiger partial charge in [0.15, 0.2) is 0 Å². The van der Waals surface area contributed by atoms with Gasteiger partial charge in [0.1, 0.15) is 0 Å². The standard InChI is InChI=1S/C13H20ClN3O2/c1-9-11(14)10(16(3)15-9)7-17-6-4-5-13(2,8-17)12(18)19/h4-8H2,1-3H3,(H,18,19). The van der Waals surface area contributed by atoms with Crippen molar-refractivity contribution >= 4 is 17.6 Å². The van der Waals surface area contributed by atoms with E-state index in [0.29, 0.717) is 18.1 Å². The van der Waals surface area contributed by atoms with Crippen molar-refractivity contribution in [2.24, 2.45) is 12.5 Å². The summed E-state index contributed by atoms with van der Waals surface area (Å²) in [5.74, 6) is -0.718. The van der Waals surface area contributed by atoms with Crippen LogP contribution in [0.2, 0.25) is 5.02 Å². The highest BCUT2D eigenvalue weighted by atomic mass is 35.5. The van der Waals surface area contributed by atoms with E-state index in [1.165, 1.54) is 0 Å². The van der Waals surface area contributed by atoms with Gasteiger partial charge in [-0.3, -0.25) is 14.4 Å². The van der Waals surface area contributed by atoms with E-state index in [0.717, 1.165) is 30.8 Å². The second-order valence-corrected chi connectivity index (χ2v) is 6.03. The number of rotatable bonds is 3. The second kappa shape index (κ2) is 5.13. The molecule has 0 spiro atoms. The summed E-state index contributed by atoms with van der Waals surface area (Å²) >= 11 is 6.24. The van der Waals surface area contributed by atoms with Crippen molar-refractivity contribution in [3.8, 4) is 0 Å². The fraction of sp³-hybridized carbons (Fsp3) is 0.692. The van der Waals surface area contributed by atoms with Crippen LogP contribution in [0.4, 0.5) is 0 Å². The molecule has 2 rings (SSSR count). The largest absolute Gasteiger partial charge is 0.481 e. The van der Waals surface area contributed by atoms with E-state index in [1.54, 1.807) is 4.68 Å². The zero-order chi connectivity index (χ0) is 14.2. The number of halogens is 1. The van der Waals surface area contributed by atoms with Gasteiger partial charge < -0.3 is 5.11 Å². The van der Waals surface area contributed by atoms with Crippen molar-refractivity contribution in [2.75, 3.05) is 13.1 Å². The van der Waals surface area contributed by atoms with Gasteiger partial charge in [-0.25, -0.2) is 0 Å². The van der Waals surface area contributed by atoms with Crippen LogP contribution in [0.15, 0.2) is 0 Å². The van der Waals surface area contributed by atoms with Crippen molar-refractivity contribution < 1.29 is 9.90 Å². The lowest BCUT2D eigenvalue weighted by Crippen LogP contribution is -2.45. The first kappa shape index (κ1) is 14.3. The molecule has 6 heteroatoms. The Kier molecular flexibility index (Phi) is 3.87. The van der Waals surface area contributed by atoms with Crippen molar-refractivity contribution in [3.63, 3.8) is 0 Å². The van der Waals surface area contributed by atoms with Crippen LogP contribution in [0.3, 0.4) is 0 Å². The van der Waals surface area contributed by atoms with Gasteiger partial charge in [-0.2, -0.15) is 5.10 Å². The van der Waals surface area contributed by atoms with Crippen molar-refractivity contribution in [2.45, 2.75) is 33.2 Å². The molecule has 0 radical (unpaired) electrons. The van der Waals surface area contributed by atoms with Crippen LogP contribution < -0.4 is 0 Å². The van der Waals surface area contributed by atoms with Gasteiger partial charge in [0.25, 0.3) is 0 Å². The number of aliphatic carboxylic acids is 1. The quantitative estimate of drug-likeness (QED) is 0.924. The predicted molar refractivity (Wildman–Crippen MR) is 73.2 cm³/mol. The zero-order valence-corrected chi connectivity index (χ0v) is 12.4. The van der Waals surface area contributed by atoms with Crippen molar-refractivity contribution in [3.05, 3.63) is 16.4 Å². The van der Waals surface area contributed by atoms with E-state index < -0.39 is 11.4 Å². The van der Waals surface area contributed by atoms with Gasteiger partial charge in [-0.15, -0.1) is 0 Å². The first-order chi connectivity index (χ1) is 8.83. The summed E-state index contributed by atoms with van der Waals surface area (Å²) in [6.07, 6.45) is 1.63. The van der Waals surface area contributed by atoms with E-state index >= 15 is 0 Å². The lowest BCUT2D eigenvalue weighted by molar-refractivity contribution is -0.151. The van der Waals surface area contributed by atoms with Gasteiger partial charge in [0.05, 0.1) is 21.8 Å². The molecule has 1 aromatic heterocycles. The fourth-order valence-electron chi connectivity index (χ4n) is 2.72. The minimum atomic E-state index is -0.718. The third-order valence-electron chi connectivity index (χ3n) is 3.93. The molecular formula is C13H20ClN3O2. The molecule has 1 unspecified atom stereocenters. The SMILES string of the molecule is Cc1nn(C)c(CN2CCCC(C)(C(=O)O)C2)c1Cl. The number of carboxylic acid groups (broad SMARTS) is 1. The van der Waals surface area contributed by atoms with Gasteiger partial charge in [-0.1, -0.05) is 11.6 Å². The number of carbonyl (C=O) groups is 1. The summed E-state index contributed by atoms with van der Waals surface area (Å²) in [7, 11) is 1.87. The zero-order valence-electron chi connectivity index (χ0n) is 11.6. The summed E-state index contributed by atoms with van der Waals surface area (Å²) in [6.45, 7) is 5.81. The topological polar surface area (TPSA) is 58.4 Å². The molecule has 106 valence electrons. The minimum absolute atomic E-state index is 0.558. The van der Waals surface area contributed by atoms with Gasteiger partial charge in [0.2, 0.25) is 0 Å². The Morgan fingerprint density at radius 1 is 1.58 bits per heavy atom. The maximum atomic E-state index is 11.3. The highest BCUT2D eigenvalue weighted by Gasteiger charge is 2.38. The van der Waals surface area contributed by atoms with E-state index in [1.807, 2.05) is 20.9 Å². The number of piperidine rings is 1. The summed E-state index contributed by atoms with van der Waals surface area (Å²) in [6, 6.07) is 0. The molecule has 1 aromatic rings. The van der Waals surface area contributed by atoms with Crippen molar-refractivity contribution in [1.29, 1.82) is 0 Å². The Bertz CT molecular complexity index is 500. The monoisotopic (exact) mass is 285 g/mol. The van der Waals surface area contributed by atoms with E-state index in [4.69, 9.17) is 11.6 Å². The average molecular weight is 286 g/mol. The lowest BCUT2D eigenvalue weighted by Gasteiger charge is -2.37. The van der Waals surface area contributed by atoms with E-state index in [9.17, 15) is 9.90 Å². The number of hydrogen-bond acceptors (Lipinski definition) is 3. The maximum absolute atomic E-state index is 11.3. The molecule has 1 N–H and O–H groups in total. The first-order valence-electron chi connectivity index (χ1n) is 6.47. The molecule has 0 aromatic carbocycles. The van der Waals surface area contributed by atoms with Crippen LogP contribution in [-0.4, -0.2) is 38.8 Å². The summed E-state index contributed by atoms with van der Waals surface area (Å²) in [5.41, 5.74) is 1.12. The van der Waals surface area contributed by atoms with Gasteiger partial charge in [0, 0.05) is 20.1 Å². The highest BCUT2D eigenvalue weighted by Crippen LogP contribution is 2.31. The molecule has 0 saturated carbocycles. The van der Waals surface area contributed by atoms with Gasteiger partial charge in [-0.05, 0) is 33.2 Å². The number of carboxylic acids is 1. The van der Waals surface area contributed by atoms with Crippen LogP contribution in [0.5, 0.6) is 0 Å². The molecule has 0 amide bonds. The lowest BCUT2D eigenvalue weighted by atomic mass is 9.82. The van der Waals surface area contributed by atoms with Gasteiger partial charge >= 0.3 is 5.97 Å². The molecule has 19 heavy (non-hydrogen) atoms. The predicted octanol–water partition coefficient (Wildman–Crippen LogP) is 2.07. The molecule has 5 nitrogen and oxygen atoms in total. The minimum Gasteiger partial charge on any atom is -0.481 e. The van der Waals surface area contributed by atoms with Crippen LogP contribution >= 0.6 is 11.6 Å². The molecule has 1 aliphatic heterocycles. The van der Waals surface area contributed by atoms with Crippen LogP contribution in [-0.2, 0) is 18.4 Å². The molecule has 2 heterocycles. The number of aromatic nitrogens is 2. The average Bonchev–Trinajstić information content (AvgIpc) is 2.56. The Hall–Kier alpha value is -1.07. The Morgan fingerprint density at radius 3 is 2.79 bits per heavy atom. The number of nitrogens with zero attached hydrogens (tertiary/aromatic N) is 3. The molecule has 1 fully saturated rings. The first-order valence-corrected chi connectivity index (χ1v) is 6.85. The smallest absolute Gasteiger partial charge is 0.310 e. The molecule has 1 aliphatic rings. The molecular weight excluding hydrogens is 266 g/mol. The molecule has 0 bridgehead atoms. The summed E-state index contributed by atoms with van der Waals surface area (Å²) in [4.78, 5) is 13.5. The Morgan fingerprint density at radius 2 is 2.26 bits per heavy atom. The highest BCUT2D eigenvalue weighted by molar-refractivity contribution is 6.31. The Balaban J connectivity index is 2.13. The second-order valence-electron chi connectivity index (χ2n) is 5.65. The van der Waals surface area contributed by atoms with Crippen LogP contribution in [0.25, 0.3) is 0 Å². The van der Waals surface area contributed by atoms with Crippen molar-refractivity contribution in [1.82, 2.24) is 14.7 Å². The summed E-state index contributed by atoms with van der Waals surface area (Å²) < 4.78 is 1.78. The third-order valence-corrected chi connectivity index (χ3v) is 4.42. The van der Waals surface area contributed by atoms with Crippen LogP contribution in [0, 0.1) is 12.3 Å². The third kappa shape index (κ3) is 2.77. The Labute approximate surface area is 118 Å². The molecule has 1 saturated heterocycles. The maximum Gasteiger partial charge on any atom is 0.310 e. The molecule has 1 atom stereocenters. The molecule has 0 aliphatic carbocycles.